The fraction of sp³-hybridized carbons (Fsp3) is 0.538. The van der Waals surface area contributed by atoms with Crippen LogP contribution in [-0.4, -0.2) is 31.0 Å². The Morgan fingerprint density at radius 3 is 2.81 bits per heavy atom. The molecule has 0 aliphatic rings. The lowest BCUT2D eigenvalue weighted by molar-refractivity contribution is 0.0496. The third-order valence-corrected chi connectivity index (χ3v) is 2.65. The molecule has 0 amide bonds. The van der Waals surface area contributed by atoms with Gasteiger partial charge < -0.3 is 15.2 Å². The smallest absolute Gasteiger partial charge is 0.0945 e. The van der Waals surface area contributed by atoms with Crippen LogP contribution in [0.5, 0.6) is 0 Å². The Balaban J connectivity index is 2.45. The van der Waals surface area contributed by atoms with Crippen LogP contribution in [-0.2, 0) is 4.74 Å². The highest BCUT2D eigenvalue weighted by molar-refractivity contribution is 5.53. The van der Waals surface area contributed by atoms with Crippen molar-refractivity contribution >= 4 is 5.69 Å². The van der Waals surface area contributed by atoms with E-state index in [1.807, 2.05) is 19.1 Å². The predicted molar refractivity (Wildman–Crippen MR) is 66.9 cm³/mol. The summed E-state index contributed by atoms with van der Waals surface area (Å²) in [5, 5.41) is 12.8. The van der Waals surface area contributed by atoms with Gasteiger partial charge in [-0.15, -0.1) is 0 Å². The standard InChI is InChI=1S/C13H21NO2/c1-4-16-9-12(15)8-14-13-7-5-6-10(2)11(13)3/h5-7,12,14-15H,4,8-9H2,1-3H3. The first-order valence-electron chi connectivity index (χ1n) is 5.71. The van der Waals surface area contributed by atoms with Crippen molar-refractivity contribution in [3.05, 3.63) is 29.3 Å². The van der Waals surface area contributed by atoms with Gasteiger partial charge in [0.1, 0.15) is 0 Å². The first kappa shape index (κ1) is 13.0. The third kappa shape index (κ3) is 3.83. The Hall–Kier alpha value is -1.06. The highest BCUT2D eigenvalue weighted by Gasteiger charge is 2.05. The molecule has 0 radical (unpaired) electrons. The van der Waals surface area contributed by atoms with Crippen molar-refractivity contribution in [1.82, 2.24) is 0 Å². The number of nitrogens with one attached hydrogen (secondary N) is 1. The lowest BCUT2D eigenvalue weighted by atomic mass is 10.1. The molecule has 0 spiro atoms. The fourth-order valence-electron chi connectivity index (χ4n) is 1.48. The molecule has 1 rings (SSSR count). The summed E-state index contributed by atoms with van der Waals surface area (Å²) >= 11 is 0. The average molecular weight is 223 g/mol. The van der Waals surface area contributed by atoms with Crippen LogP contribution >= 0.6 is 0 Å². The minimum Gasteiger partial charge on any atom is -0.389 e. The zero-order valence-corrected chi connectivity index (χ0v) is 10.3. The number of aryl methyl sites for hydroxylation is 1. The number of rotatable bonds is 6. The Morgan fingerprint density at radius 1 is 1.38 bits per heavy atom. The van der Waals surface area contributed by atoms with Crippen LogP contribution in [0.1, 0.15) is 18.1 Å². The molecule has 0 aliphatic carbocycles. The van der Waals surface area contributed by atoms with E-state index in [2.05, 4.69) is 25.2 Å². The van der Waals surface area contributed by atoms with Gasteiger partial charge >= 0.3 is 0 Å². The fourth-order valence-corrected chi connectivity index (χ4v) is 1.48. The van der Waals surface area contributed by atoms with Gasteiger partial charge in [0.05, 0.1) is 12.7 Å². The molecule has 1 unspecified atom stereocenters. The molecule has 0 aromatic heterocycles. The van der Waals surface area contributed by atoms with E-state index in [1.165, 1.54) is 11.1 Å². The molecule has 1 atom stereocenters. The van der Waals surface area contributed by atoms with E-state index < -0.39 is 6.10 Å². The van der Waals surface area contributed by atoms with Crippen LogP contribution in [0.3, 0.4) is 0 Å². The number of hydrogen-bond donors (Lipinski definition) is 2. The number of anilines is 1. The quantitative estimate of drug-likeness (QED) is 0.776. The first-order chi connectivity index (χ1) is 7.65. The summed E-state index contributed by atoms with van der Waals surface area (Å²) in [6.45, 7) is 7.62. The maximum absolute atomic E-state index is 9.61. The molecule has 3 nitrogen and oxygen atoms in total. The number of benzene rings is 1. The summed E-state index contributed by atoms with van der Waals surface area (Å²) in [6, 6.07) is 6.12. The first-order valence-corrected chi connectivity index (χ1v) is 5.71. The molecule has 0 aliphatic heterocycles. The molecule has 0 bridgehead atoms. The molecular formula is C13H21NO2. The van der Waals surface area contributed by atoms with E-state index in [4.69, 9.17) is 4.74 Å². The van der Waals surface area contributed by atoms with E-state index in [-0.39, 0.29) is 0 Å². The molecule has 0 fully saturated rings. The van der Waals surface area contributed by atoms with Crippen molar-refractivity contribution in [2.24, 2.45) is 0 Å². The van der Waals surface area contributed by atoms with Crippen LogP contribution in [0.15, 0.2) is 18.2 Å². The van der Waals surface area contributed by atoms with Crippen molar-refractivity contribution in [3.8, 4) is 0 Å². The van der Waals surface area contributed by atoms with E-state index in [0.29, 0.717) is 19.8 Å². The summed E-state index contributed by atoms with van der Waals surface area (Å²) in [6.07, 6.45) is -0.458. The van der Waals surface area contributed by atoms with Gasteiger partial charge in [0.15, 0.2) is 0 Å². The lowest BCUT2D eigenvalue weighted by Gasteiger charge is -2.15. The molecular weight excluding hydrogens is 202 g/mol. The predicted octanol–water partition coefficient (Wildman–Crippen LogP) is 2.11. The van der Waals surface area contributed by atoms with Gasteiger partial charge in [-0.3, -0.25) is 0 Å². The molecule has 0 saturated carbocycles. The summed E-state index contributed by atoms with van der Waals surface area (Å²) in [7, 11) is 0. The number of hydrogen-bond acceptors (Lipinski definition) is 3. The van der Waals surface area contributed by atoms with E-state index in [1.54, 1.807) is 0 Å². The van der Waals surface area contributed by atoms with E-state index in [0.717, 1.165) is 5.69 Å². The summed E-state index contributed by atoms with van der Waals surface area (Å²) < 4.78 is 5.15. The number of aliphatic hydroxyl groups is 1. The van der Waals surface area contributed by atoms with Crippen molar-refractivity contribution in [3.63, 3.8) is 0 Å². The van der Waals surface area contributed by atoms with Gasteiger partial charge in [0, 0.05) is 18.8 Å². The highest BCUT2D eigenvalue weighted by atomic mass is 16.5. The zero-order chi connectivity index (χ0) is 12.0. The lowest BCUT2D eigenvalue weighted by Crippen LogP contribution is -2.25. The van der Waals surface area contributed by atoms with Gasteiger partial charge in [-0.2, -0.15) is 0 Å². The second kappa shape index (κ2) is 6.51. The molecule has 16 heavy (non-hydrogen) atoms. The second-order valence-corrected chi connectivity index (χ2v) is 3.94. The second-order valence-electron chi connectivity index (χ2n) is 3.94. The summed E-state index contributed by atoms with van der Waals surface area (Å²) in [5.74, 6) is 0. The Kier molecular flexibility index (Phi) is 5.29. The molecule has 0 heterocycles. The maximum atomic E-state index is 9.61. The maximum Gasteiger partial charge on any atom is 0.0945 e. The molecule has 1 aromatic rings. The van der Waals surface area contributed by atoms with Crippen LogP contribution in [0, 0.1) is 13.8 Å². The monoisotopic (exact) mass is 223 g/mol. The van der Waals surface area contributed by atoms with E-state index >= 15 is 0 Å². The van der Waals surface area contributed by atoms with Gasteiger partial charge in [-0.1, -0.05) is 12.1 Å². The van der Waals surface area contributed by atoms with Crippen LogP contribution in [0.4, 0.5) is 5.69 Å². The topological polar surface area (TPSA) is 41.5 Å². The van der Waals surface area contributed by atoms with E-state index in [9.17, 15) is 5.11 Å². The van der Waals surface area contributed by atoms with Crippen LogP contribution in [0.2, 0.25) is 0 Å². The van der Waals surface area contributed by atoms with Gasteiger partial charge in [-0.25, -0.2) is 0 Å². The Bertz CT molecular complexity index is 326. The number of aliphatic hydroxyl groups excluding tert-OH is 1. The molecule has 3 heteroatoms. The zero-order valence-electron chi connectivity index (χ0n) is 10.3. The molecule has 0 saturated heterocycles. The Labute approximate surface area is 97.4 Å². The van der Waals surface area contributed by atoms with Gasteiger partial charge in [0.25, 0.3) is 0 Å². The average Bonchev–Trinajstić information content (AvgIpc) is 2.28. The molecule has 2 N–H and O–H groups in total. The van der Waals surface area contributed by atoms with Crippen molar-refractivity contribution in [2.75, 3.05) is 25.1 Å². The largest absolute Gasteiger partial charge is 0.389 e. The van der Waals surface area contributed by atoms with Crippen molar-refractivity contribution < 1.29 is 9.84 Å². The van der Waals surface area contributed by atoms with Gasteiger partial charge in [0.2, 0.25) is 0 Å². The van der Waals surface area contributed by atoms with Gasteiger partial charge in [-0.05, 0) is 38.0 Å². The number of ether oxygens (including phenoxy) is 1. The van der Waals surface area contributed by atoms with Crippen LogP contribution < -0.4 is 5.32 Å². The van der Waals surface area contributed by atoms with Crippen molar-refractivity contribution in [2.45, 2.75) is 26.9 Å². The minimum absolute atomic E-state index is 0.383. The normalized spacial score (nSPS) is 12.5. The molecule has 90 valence electrons. The Morgan fingerprint density at radius 2 is 2.12 bits per heavy atom. The van der Waals surface area contributed by atoms with Crippen LogP contribution in [0.25, 0.3) is 0 Å². The third-order valence-electron chi connectivity index (χ3n) is 2.65. The summed E-state index contributed by atoms with van der Waals surface area (Å²) in [5.41, 5.74) is 3.56. The minimum atomic E-state index is -0.458. The molecule has 1 aromatic carbocycles. The SMILES string of the molecule is CCOCC(O)CNc1cccc(C)c1C. The summed E-state index contributed by atoms with van der Waals surface area (Å²) in [4.78, 5) is 0. The van der Waals surface area contributed by atoms with Crippen molar-refractivity contribution in [1.29, 1.82) is 0 Å². The highest BCUT2D eigenvalue weighted by Crippen LogP contribution is 2.17.